The van der Waals surface area contributed by atoms with E-state index in [-0.39, 0.29) is 6.61 Å². The van der Waals surface area contributed by atoms with Gasteiger partial charge in [-0.2, -0.15) is 0 Å². The van der Waals surface area contributed by atoms with E-state index in [9.17, 15) is 4.79 Å². The number of ether oxygens (including phenoxy) is 2. The molecule has 0 saturated carbocycles. The Bertz CT molecular complexity index is 696. The van der Waals surface area contributed by atoms with Crippen LogP contribution in [0.2, 0.25) is 0 Å². The third-order valence-corrected chi connectivity index (χ3v) is 4.49. The quantitative estimate of drug-likeness (QED) is 0.688. The van der Waals surface area contributed by atoms with Crippen molar-refractivity contribution in [3.8, 4) is 5.88 Å². The summed E-state index contributed by atoms with van der Waals surface area (Å²) < 4.78 is 12.5. The summed E-state index contributed by atoms with van der Waals surface area (Å²) in [4.78, 5) is 16.1. The van der Waals surface area contributed by atoms with Crippen molar-refractivity contribution in [3.05, 3.63) is 56.6 Å². The van der Waals surface area contributed by atoms with Gasteiger partial charge in [0.1, 0.15) is 12.7 Å². The Hall–Kier alpha value is -1.60. The van der Waals surface area contributed by atoms with Crippen LogP contribution in [0, 0.1) is 6.92 Å². The van der Waals surface area contributed by atoms with Crippen LogP contribution in [0.3, 0.4) is 0 Å². The van der Waals surface area contributed by atoms with Gasteiger partial charge in [0.15, 0.2) is 0 Å². The molecule has 24 heavy (non-hydrogen) atoms. The average molecular weight is 458 g/mol. The number of benzene rings is 1. The molecule has 0 unspecified atom stereocenters. The van der Waals surface area contributed by atoms with Gasteiger partial charge in [0.05, 0.1) is 10.2 Å². The number of hydrogen-bond donors (Lipinski definition) is 1. The lowest BCUT2D eigenvalue weighted by molar-refractivity contribution is 0.0734. The van der Waals surface area contributed by atoms with E-state index in [1.807, 2.05) is 43.3 Å². The van der Waals surface area contributed by atoms with E-state index in [4.69, 9.17) is 9.47 Å². The summed E-state index contributed by atoms with van der Waals surface area (Å²) >= 11 is 6.80. The van der Waals surface area contributed by atoms with E-state index in [1.54, 1.807) is 6.92 Å². The van der Waals surface area contributed by atoms with Gasteiger partial charge < -0.3 is 14.8 Å². The van der Waals surface area contributed by atoms with Gasteiger partial charge in [-0.25, -0.2) is 9.78 Å². The summed E-state index contributed by atoms with van der Waals surface area (Å²) in [6.07, 6.45) is -0.882. The van der Waals surface area contributed by atoms with Crippen molar-refractivity contribution >= 4 is 38.0 Å². The first-order chi connectivity index (χ1) is 11.5. The molecule has 7 heteroatoms. The fourth-order valence-electron chi connectivity index (χ4n) is 1.86. The molecule has 1 aromatic carbocycles. The highest BCUT2D eigenvalue weighted by atomic mass is 79.9. The normalized spacial score (nSPS) is 11.7. The second-order valence-electron chi connectivity index (χ2n) is 5.21. The number of carbonyl (C=O) groups excluding carboxylic acids is 1. The maximum atomic E-state index is 11.8. The van der Waals surface area contributed by atoms with Gasteiger partial charge >= 0.3 is 6.09 Å². The second-order valence-corrected chi connectivity index (χ2v) is 6.92. The third kappa shape index (κ3) is 5.79. The van der Waals surface area contributed by atoms with E-state index in [0.717, 1.165) is 20.2 Å². The molecule has 5 nitrogen and oxygen atoms in total. The Morgan fingerprint density at radius 1 is 1.25 bits per heavy atom. The number of alkyl carbamates (subject to hydrolysis) is 1. The van der Waals surface area contributed by atoms with Crippen LogP contribution in [0.5, 0.6) is 5.88 Å². The lowest BCUT2D eigenvalue weighted by Crippen LogP contribution is -2.30. The minimum atomic E-state index is -0.478. The Morgan fingerprint density at radius 2 is 1.96 bits per heavy atom. The molecule has 0 bridgehead atoms. The van der Waals surface area contributed by atoms with Crippen LogP contribution >= 0.6 is 31.9 Å². The van der Waals surface area contributed by atoms with Crippen LogP contribution in [0.4, 0.5) is 4.79 Å². The number of nitrogens with one attached hydrogen (secondary N) is 1. The van der Waals surface area contributed by atoms with E-state index in [0.29, 0.717) is 12.4 Å². The molecular formula is C17H18Br2N2O3. The van der Waals surface area contributed by atoms with Crippen molar-refractivity contribution in [2.75, 3.05) is 6.61 Å². The van der Waals surface area contributed by atoms with Crippen molar-refractivity contribution in [1.29, 1.82) is 0 Å². The number of aryl methyl sites for hydroxylation is 1. The molecule has 0 aliphatic heterocycles. The zero-order valence-electron chi connectivity index (χ0n) is 13.4. The average Bonchev–Trinajstić information content (AvgIpc) is 2.56. The van der Waals surface area contributed by atoms with Crippen molar-refractivity contribution in [2.45, 2.75) is 26.5 Å². The maximum absolute atomic E-state index is 11.8. The Balaban J connectivity index is 1.77. The van der Waals surface area contributed by atoms with Crippen molar-refractivity contribution < 1.29 is 14.3 Å². The molecule has 0 aliphatic carbocycles. The van der Waals surface area contributed by atoms with Crippen molar-refractivity contribution in [3.63, 3.8) is 0 Å². The van der Waals surface area contributed by atoms with Crippen LogP contribution in [0.15, 0.2) is 45.3 Å². The van der Waals surface area contributed by atoms with Gasteiger partial charge in [0.2, 0.25) is 5.88 Å². The standard InChI is InChI=1S/C17H18Br2N2O3/c1-11(10-23-16-15(19)8-14(18)12(2)21-16)24-17(22)20-9-13-6-4-3-5-7-13/h3-8,11H,9-10H2,1-2H3,(H,20,22)/t11-/m0/s1. The van der Waals surface area contributed by atoms with E-state index >= 15 is 0 Å². The van der Waals surface area contributed by atoms with Gasteiger partial charge in [0.25, 0.3) is 0 Å². The predicted molar refractivity (Wildman–Crippen MR) is 99.1 cm³/mol. The molecule has 1 amide bonds. The highest BCUT2D eigenvalue weighted by molar-refractivity contribution is 9.11. The van der Waals surface area contributed by atoms with Gasteiger partial charge in [-0.15, -0.1) is 0 Å². The van der Waals surface area contributed by atoms with Crippen molar-refractivity contribution in [1.82, 2.24) is 10.3 Å². The van der Waals surface area contributed by atoms with E-state index < -0.39 is 12.2 Å². The molecule has 0 saturated heterocycles. The molecule has 1 N–H and O–H groups in total. The Morgan fingerprint density at radius 3 is 2.67 bits per heavy atom. The molecule has 2 aromatic rings. The minimum Gasteiger partial charge on any atom is -0.473 e. The molecule has 2 rings (SSSR count). The third-order valence-electron chi connectivity index (χ3n) is 3.12. The number of rotatable bonds is 6. The van der Waals surface area contributed by atoms with Gasteiger partial charge in [-0.05, 0) is 57.3 Å². The first-order valence-corrected chi connectivity index (χ1v) is 8.98. The topological polar surface area (TPSA) is 60.5 Å². The molecule has 1 aromatic heterocycles. The van der Waals surface area contributed by atoms with Crippen LogP contribution in [-0.2, 0) is 11.3 Å². The largest absolute Gasteiger partial charge is 0.473 e. The summed E-state index contributed by atoms with van der Waals surface area (Å²) in [5, 5.41) is 2.71. The molecule has 128 valence electrons. The first-order valence-electron chi connectivity index (χ1n) is 7.39. The number of aromatic nitrogens is 1. The molecule has 1 atom stereocenters. The van der Waals surface area contributed by atoms with Gasteiger partial charge in [-0.3, -0.25) is 0 Å². The smallest absolute Gasteiger partial charge is 0.407 e. The Labute approximate surface area is 158 Å². The number of amides is 1. The van der Waals surface area contributed by atoms with E-state index in [2.05, 4.69) is 42.2 Å². The van der Waals surface area contributed by atoms with Crippen LogP contribution < -0.4 is 10.1 Å². The molecule has 1 heterocycles. The lowest BCUT2D eigenvalue weighted by Gasteiger charge is -2.15. The van der Waals surface area contributed by atoms with Crippen LogP contribution in [0.25, 0.3) is 0 Å². The number of pyridine rings is 1. The van der Waals surface area contributed by atoms with Crippen LogP contribution in [0.1, 0.15) is 18.2 Å². The maximum Gasteiger partial charge on any atom is 0.407 e. The molecular weight excluding hydrogens is 440 g/mol. The van der Waals surface area contributed by atoms with Gasteiger partial charge in [0, 0.05) is 11.0 Å². The number of halogens is 2. The monoisotopic (exact) mass is 456 g/mol. The lowest BCUT2D eigenvalue weighted by atomic mass is 10.2. The number of carbonyl (C=O) groups is 1. The van der Waals surface area contributed by atoms with Crippen molar-refractivity contribution in [2.24, 2.45) is 0 Å². The summed E-state index contributed by atoms with van der Waals surface area (Å²) in [5.41, 5.74) is 1.83. The number of hydrogen-bond acceptors (Lipinski definition) is 4. The van der Waals surface area contributed by atoms with Gasteiger partial charge in [-0.1, -0.05) is 30.3 Å². The minimum absolute atomic E-state index is 0.214. The van der Waals surface area contributed by atoms with Crippen LogP contribution in [-0.4, -0.2) is 23.8 Å². The SMILES string of the molecule is Cc1nc(OC[C@H](C)OC(=O)NCc2ccccc2)c(Br)cc1Br. The summed E-state index contributed by atoms with van der Waals surface area (Å²) in [7, 11) is 0. The predicted octanol–water partition coefficient (Wildman–Crippen LogP) is 4.61. The fourth-order valence-corrected chi connectivity index (χ4v) is 2.92. The Kier molecular flexibility index (Phi) is 7.05. The zero-order chi connectivity index (χ0) is 17.5. The fraction of sp³-hybridized carbons (Fsp3) is 0.294. The number of nitrogens with zero attached hydrogens (tertiary/aromatic N) is 1. The first kappa shape index (κ1) is 18.7. The molecule has 0 radical (unpaired) electrons. The summed E-state index contributed by atoms with van der Waals surface area (Å²) in [5.74, 6) is 0.468. The van der Waals surface area contributed by atoms with E-state index in [1.165, 1.54) is 0 Å². The molecule has 0 fully saturated rings. The summed E-state index contributed by atoms with van der Waals surface area (Å²) in [6.45, 7) is 4.28. The zero-order valence-corrected chi connectivity index (χ0v) is 16.6. The highest BCUT2D eigenvalue weighted by Crippen LogP contribution is 2.28. The second kappa shape index (κ2) is 9.03. The summed E-state index contributed by atoms with van der Waals surface area (Å²) in [6, 6.07) is 11.5. The molecule has 0 spiro atoms. The molecule has 0 aliphatic rings. The highest BCUT2D eigenvalue weighted by Gasteiger charge is 2.13.